The van der Waals surface area contributed by atoms with Crippen LogP contribution in [0, 0.1) is 10.1 Å². The minimum atomic E-state index is -0.714. The van der Waals surface area contributed by atoms with E-state index in [1.165, 1.54) is 18.3 Å². The second-order valence-electron chi connectivity index (χ2n) is 4.60. The molecule has 14 nitrogen and oxygen atoms in total. The number of carbonyl (C=O) groups is 1. The minimum absolute atomic E-state index is 0. The van der Waals surface area contributed by atoms with Crippen molar-refractivity contribution >= 4 is 23.8 Å². The number of aliphatic imine (C=N–C) groups is 1. The average molecular weight is 426 g/mol. The zero-order valence-corrected chi connectivity index (χ0v) is 17.1. The van der Waals surface area contributed by atoms with E-state index in [0.717, 1.165) is 5.01 Å². The summed E-state index contributed by atoms with van der Waals surface area (Å²) in [5.41, 5.74) is 0.653. The molecule has 1 aromatic carbocycles. The number of nitro groups is 1. The first-order chi connectivity index (χ1) is 11.0. The molecule has 3 rings (SSSR count). The monoisotopic (exact) mass is 426 g/mol. The van der Waals surface area contributed by atoms with Crippen LogP contribution in [0.5, 0.6) is 0 Å². The van der Waals surface area contributed by atoms with Gasteiger partial charge in [0.15, 0.2) is 0 Å². The number of nitro benzene ring substituents is 1. The van der Waals surface area contributed by atoms with Crippen molar-refractivity contribution in [2.75, 3.05) is 6.54 Å². The van der Waals surface area contributed by atoms with E-state index in [1.54, 1.807) is 24.3 Å². The maximum atomic E-state index is 11.3. The molecule has 2 aromatic rings. The third-order valence-corrected chi connectivity index (χ3v) is 3.04. The van der Waals surface area contributed by atoms with Crippen LogP contribution < -0.4 is 34.7 Å². The number of amides is 2. The number of benzene rings is 1. The van der Waals surface area contributed by atoms with Gasteiger partial charge in [0, 0.05) is 17.7 Å². The number of rotatable bonds is 4. The molecule has 0 atom stereocenters. The number of carbonyl (C=O) groups excluding carboxylic acids is 1. The van der Waals surface area contributed by atoms with Crippen molar-refractivity contribution in [3.8, 4) is 11.3 Å². The summed E-state index contributed by atoms with van der Waals surface area (Å²) in [6, 6.07) is 8.47. The molecule has 10 N–H and O–H groups in total. The predicted molar refractivity (Wildman–Crippen MR) is 96.0 cm³/mol. The van der Waals surface area contributed by atoms with Crippen LogP contribution in [0.4, 0.5) is 10.5 Å². The molecule has 1 aliphatic rings. The maximum Gasteiger partial charge on any atom is 1.00 e. The molecule has 0 unspecified atom stereocenters. The van der Waals surface area contributed by atoms with E-state index in [2.05, 4.69) is 10.1 Å². The van der Waals surface area contributed by atoms with Crippen LogP contribution in [0.15, 0.2) is 50.9 Å². The molecule has 2 heterocycles. The van der Waals surface area contributed by atoms with Crippen molar-refractivity contribution in [1.82, 2.24) is 5.01 Å². The van der Waals surface area contributed by atoms with Gasteiger partial charge in [-0.2, -0.15) is 5.10 Å². The van der Waals surface area contributed by atoms with E-state index in [1.807, 2.05) is 0 Å². The van der Waals surface area contributed by atoms with Gasteiger partial charge in [-0.25, -0.2) is 14.8 Å². The first-order valence-electron chi connectivity index (χ1n) is 6.47. The molecule has 1 aromatic heterocycles. The second-order valence-corrected chi connectivity index (χ2v) is 4.60. The molecule has 0 saturated heterocycles. The fourth-order valence-corrected chi connectivity index (χ4v) is 1.94. The summed E-state index contributed by atoms with van der Waals surface area (Å²) in [5.74, 6) is 0.318. The Bertz CT molecular complexity index is 837. The predicted octanol–water partition coefficient (Wildman–Crippen LogP) is -5.74. The number of furan rings is 1. The molecule has 0 saturated carbocycles. The summed E-state index contributed by atoms with van der Waals surface area (Å²) >= 11 is 0. The van der Waals surface area contributed by atoms with Crippen LogP contribution in [0.1, 0.15) is 5.76 Å². The summed E-state index contributed by atoms with van der Waals surface area (Å²) < 4.78 is 5.52. The first-order valence-corrected chi connectivity index (χ1v) is 6.47. The van der Waals surface area contributed by atoms with Gasteiger partial charge in [0.1, 0.15) is 11.5 Å². The number of hydrogen-bond acceptors (Lipinski definition) is 6. The Balaban J connectivity index is -0.000000521. The molecule has 1 aliphatic heterocycles. The molecule has 2 amide bonds. The number of non-ortho nitro benzene ring substituents is 1. The van der Waals surface area contributed by atoms with Crippen LogP contribution in [-0.2, 0) is 0 Å². The van der Waals surface area contributed by atoms with E-state index < -0.39 is 16.9 Å². The van der Waals surface area contributed by atoms with Gasteiger partial charge in [0.2, 0.25) is 0 Å². The van der Waals surface area contributed by atoms with Crippen molar-refractivity contribution < 1.29 is 76.2 Å². The average Bonchev–Trinajstić information content (AvgIpc) is 3.11. The van der Waals surface area contributed by atoms with Gasteiger partial charge in [-0.05, 0) is 30.2 Å². The van der Waals surface area contributed by atoms with Crippen LogP contribution in [0.2, 0.25) is 0 Å². The molecule has 29 heavy (non-hydrogen) atoms. The van der Waals surface area contributed by atoms with Crippen molar-refractivity contribution in [3.05, 3.63) is 52.3 Å². The van der Waals surface area contributed by atoms with Crippen molar-refractivity contribution in [2.45, 2.75) is 0 Å². The molecular weight excluding hydrogens is 407 g/mol. The van der Waals surface area contributed by atoms with Gasteiger partial charge >= 0.3 is 35.6 Å². The Morgan fingerprint density at radius 1 is 1.07 bits per heavy atom. The zero-order chi connectivity index (χ0) is 16.4. The fourth-order valence-electron chi connectivity index (χ4n) is 1.94. The summed E-state index contributed by atoms with van der Waals surface area (Å²) in [5, 5.41) is 26.3. The second kappa shape index (κ2) is 14.3. The Labute approximate surface area is 185 Å². The summed E-state index contributed by atoms with van der Waals surface area (Å²) in [7, 11) is 0. The molecule has 0 bridgehead atoms. The van der Waals surface area contributed by atoms with Crippen molar-refractivity contribution in [1.29, 1.82) is 0 Å². The van der Waals surface area contributed by atoms with E-state index in [-0.39, 0.29) is 69.2 Å². The molecule has 0 fully saturated rings. The number of hydrogen-bond donors (Lipinski definition) is 0. The first kappa shape index (κ1) is 33.9. The standard InChI is InChI=1S/C14H10N4O5.Na.5H2O/c19-13-8-17(14(20)16-13)15-7-11-5-6-12(23-11)9-1-3-10(4-2-9)18(21)22;;;;;;/h1-7H,8H2,(H,16,19,20);;5*1H2/q;+1;;;;;/p-1/b15-7+;;;;;;. The van der Waals surface area contributed by atoms with Crippen molar-refractivity contribution in [3.63, 3.8) is 0 Å². The van der Waals surface area contributed by atoms with Crippen LogP contribution >= 0.6 is 0 Å². The fraction of sp³-hybridized carbons (Fsp3) is 0.0714. The van der Waals surface area contributed by atoms with Gasteiger partial charge in [0.05, 0.1) is 17.7 Å². The third kappa shape index (κ3) is 8.06. The van der Waals surface area contributed by atoms with E-state index in [0.29, 0.717) is 17.1 Å². The SMILES string of the molecule is O.O.O.O.O.O=C1N=C([O-])CN1/N=C/c1ccc(-c2ccc([N+](=O)[O-])cc2)o1.[Na+]. The quantitative estimate of drug-likeness (QED) is 0.199. The number of nitrogens with zero attached hydrogens (tertiary/aromatic N) is 4. The number of hydrazone groups is 1. The van der Waals surface area contributed by atoms with E-state index >= 15 is 0 Å². The summed E-state index contributed by atoms with van der Waals surface area (Å²) in [6.45, 7) is -0.189. The largest absolute Gasteiger partial charge is 1.00 e. The smallest absolute Gasteiger partial charge is 0.860 e. The van der Waals surface area contributed by atoms with Crippen LogP contribution in [0.3, 0.4) is 0 Å². The van der Waals surface area contributed by atoms with Gasteiger partial charge < -0.3 is 36.9 Å². The van der Waals surface area contributed by atoms with Gasteiger partial charge in [-0.15, -0.1) is 0 Å². The molecule has 0 spiro atoms. The van der Waals surface area contributed by atoms with Crippen LogP contribution in [-0.4, -0.2) is 62.0 Å². The number of urea groups is 1. The van der Waals surface area contributed by atoms with E-state index in [9.17, 15) is 20.0 Å². The van der Waals surface area contributed by atoms with E-state index in [4.69, 9.17) is 4.42 Å². The minimum Gasteiger partial charge on any atom is -0.860 e. The maximum absolute atomic E-state index is 11.3. The normalized spacial score (nSPS) is 11.5. The Kier molecular flexibility index (Phi) is 16.7. The van der Waals surface area contributed by atoms with Gasteiger partial charge in [-0.3, -0.25) is 10.1 Å². The molecule has 156 valence electrons. The Hall–Kier alpha value is -2.69. The topological polar surface area (TPSA) is 282 Å². The molecule has 0 radical (unpaired) electrons. The van der Waals surface area contributed by atoms with Gasteiger partial charge in [-0.1, -0.05) is 0 Å². The molecular formula is C14H19N4NaO10. The van der Waals surface area contributed by atoms with Crippen molar-refractivity contribution in [2.24, 2.45) is 10.1 Å². The zero-order valence-electron chi connectivity index (χ0n) is 15.1. The Morgan fingerprint density at radius 2 is 1.66 bits per heavy atom. The third-order valence-electron chi connectivity index (χ3n) is 3.04. The van der Waals surface area contributed by atoms with Gasteiger partial charge in [0.25, 0.3) is 5.69 Å². The summed E-state index contributed by atoms with van der Waals surface area (Å²) in [4.78, 5) is 24.6. The molecule has 0 aliphatic carbocycles. The van der Waals surface area contributed by atoms with Crippen LogP contribution in [0.25, 0.3) is 11.3 Å². The Morgan fingerprint density at radius 3 is 2.14 bits per heavy atom. The molecule has 15 heteroatoms. The summed E-state index contributed by atoms with van der Waals surface area (Å²) in [6.07, 6.45) is 1.29.